The van der Waals surface area contributed by atoms with Crippen molar-refractivity contribution in [1.82, 2.24) is 20.9 Å². The minimum atomic E-state index is -0.584. The zero-order chi connectivity index (χ0) is 35.2. The fraction of sp³-hybridized carbons (Fsp3) is 0.366. The molecule has 3 aliphatic rings. The molecule has 0 radical (unpaired) electrons. The molecule has 3 atom stereocenters. The van der Waals surface area contributed by atoms with Crippen LogP contribution in [0.25, 0.3) is 11.1 Å². The molecule has 0 saturated carbocycles. The largest absolute Gasteiger partial charge is 0.392 e. The maximum atomic E-state index is 13.3. The number of hydrogen-bond acceptors (Lipinski definition) is 7. The van der Waals surface area contributed by atoms with Crippen LogP contribution in [-0.2, 0) is 27.4 Å². The van der Waals surface area contributed by atoms with E-state index >= 15 is 0 Å². The van der Waals surface area contributed by atoms with Crippen molar-refractivity contribution >= 4 is 17.6 Å². The number of carbonyl (C=O) groups is 2. The van der Waals surface area contributed by atoms with E-state index in [9.17, 15) is 14.7 Å². The topological polar surface area (TPSA) is 115 Å². The van der Waals surface area contributed by atoms with Crippen molar-refractivity contribution in [2.45, 2.75) is 63.4 Å². The Balaban J connectivity index is 1.08. The standard InChI is InChI=1S/C41H47N5O5/c1-2-42-40(49)43-25-30-8-6-9-32(22-30)33-10-7-11-34(23-33)38-50-36(24-37(51-38)31-16-14-29(27-47)15-17-31)26-45-20-18-41(19-21-45)39(48)44-28-46(41)35-12-4-3-5-13-35/h3-17,22-23,36-38,47H,2,18-21,24-28H2,1H3,(H,44,48)(H2,42,43,49). The van der Waals surface area contributed by atoms with Crippen LogP contribution >= 0.6 is 0 Å². The number of benzene rings is 4. The number of carbonyl (C=O) groups excluding carboxylic acids is 2. The van der Waals surface area contributed by atoms with Crippen LogP contribution in [0.5, 0.6) is 0 Å². The molecule has 0 aliphatic carbocycles. The van der Waals surface area contributed by atoms with Gasteiger partial charge in [0.05, 0.1) is 25.5 Å². The fourth-order valence-electron chi connectivity index (χ4n) is 7.59. The number of amides is 3. The van der Waals surface area contributed by atoms with Crippen molar-refractivity contribution in [1.29, 1.82) is 0 Å². The Kier molecular flexibility index (Phi) is 10.6. The second kappa shape index (κ2) is 15.7. The summed E-state index contributed by atoms with van der Waals surface area (Å²) in [6.07, 6.45) is 1.29. The van der Waals surface area contributed by atoms with Gasteiger partial charge in [-0.15, -0.1) is 0 Å². The molecule has 3 aliphatic heterocycles. The highest BCUT2D eigenvalue weighted by molar-refractivity contribution is 5.93. The Morgan fingerprint density at radius 3 is 2.35 bits per heavy atom. The summed E-state index contributed by atoms with van der Waals surface area (Å²) in [5.74, 6) is 0.114. The third-order valence-electron chi connectivity index (χ3n) is 10.4. The predicted octanol–water partition coefficient (Wildman–Crippen LogP) is 5.64. The number of piperidine rings is 1. The molecule has 0 aromatic heterocycles. The summed E-state index contributed by atoms with van der Waals surface area (Å²) in [5, 5.41) is 18.4. The van der Waals surface area contributed by atoms with E-state index in [1.54, 1.807) is 0 Å². The number of aliphatic hydroxyl groups is 1. The first kappa shape index (κ1) is 34.7. The van der Waals surface area contributed by atoms with Gasteiger partial charge in [-0.05, 0) is 71.8 Å². The van der Waals surface area contributed by atoms with E-state index < -0.39 is 11.8 Å². The van der Waals surface area contributed by atoms with Crippen molar-refractivity contribution in [3.8, 4) is 11.1 Å². The molecular weight excluding hydrogens is 642 g/mol. The lowest BCUT2D eigenvalue weighted by molar-refractivity contribution is -0.253. The molecule has 3 fully saturated rings. The lowest BCUT2D eigenvalue weighted by atomic mass is 9.85. The third-order valence-corrected chi connectivity index (χ3v) is 10.4. The van der Waals surface area contributed by atoms with Crippen LogP contribution in [-0.4, -0.2) is 66.4 Å². The first-order valence-electron chi connectivity index (χ1n) is 18.0. The fourth-order valence-corrected chi connectivity index (χ4v) is 7.59. The van der Waals surface area contributed by atoms with Crippen LogP contribution in [0.3, 0.4) is 0 Å². The van der Waals surface area contributed by atoms with E-state index in [-0.39, 0.29) is 30.8 Å². The number of ether oxygens (including phenoxy) is 2. The predicted molar refractivity (Wildman–Crippen MR) is 197 cm³/mol. The number of rotatable bonds is 10. The van der Waals surface area contributed by atoms with E-state index in [1.165, 1.54) is 0 Å². The zero-order valence-electron chi connectivity index (χ0n) is 29.1. The van der Waals surface area contributed by atoms with Gasteiger partial charge in [0.1, 0.15) is 5.54 Å². The van der Waals surface area contributed by atoms with Gasteiger partial charge in [-0.3, -0.25) is 4.79 Å². The second-order valence-corrected chi connectivity index (χ2v) is 13.6. The number of nitrogens with one attached hydrogen (secondary N) is 3. The summed E-state index contributed by atoms with van der Waals surface area (Å²) in [6, 6.07) is 34.4. The molecule has 3 heterocycles. The zero-order valence-corrected chi connectivity index (χ0v) is 29.1. The Bertz CT molecular complexity index is 1790. The van der Waals surface area contributed by atoms with E-state index in [0.29, 0.717) is 26.2 Å². The highest BCUT2D eigenvalue weighted by Gasteiger charge is 2.50. The van der Waals surface area contributed by atoms with Gasteiger partial charge >= 0.3 is 6.03 Å². The molecule has 3 unspecified atom stereocenters. The summed E-state index contributed by atoms with van der Waals surface area (Å²) in [4.78, 5) is 29.9. The second-order valence-electron chi connectivity index (χ2n) is 13.6. The normalized spacial score (nSPS) is 21.7. The van der Waals surface area contributed by atoms with E-state index in [1.807, 2.05) is 73.7 Å². The highest BCUT2D eigenvalue weighted by Crippen LogP contribution is 2.41. The number of nitrogens with zero attached hydrogens (tertiary/aromatic N) is 2. The first-order chi connectivity index (χ1) is 24.9. The molecule has 7 rings (SSSR count). The van der Waals surface area contributed by atoms with Gasteiger partial charge in [0.15, 0.2) is 6.29 Å². The third kappa shape index (κ3) is 7.79. The molecule has 266 valence electrons. The maximum absolute atomic E-state index is 13.3. The summed E-state index contributed by atoms with van der Waals surface area (Å²) >= 11 is 0. The van der Waals surface area contributed by atoms with Crippen LogP contribution in [0, 0.1) is 0 Å². The van der Waals surface area contributed by atoms with E-state index in [4.69, 9.17) is 9.47 Å². The number of aliphatic hydroxyl groups excluding tert-OH is 1. The molecule has 4 N–H and O–H groups in total. The first-order valence-corrected chi connectivity index (χ1v) is 18.0. The summed E-state index contributed by atoms with van der Waals surface area (Å²) in [6.45, 7) is 5.73. The smallest absolute Gasteiger partial charge is 0.315 e. The van der Waals surface area contributed by atoms with Crippen molar-refractivity contribution < 1.29 is 24.2 Å². The van der Waals surface area contributed by atoms with Crippen LogP contribution in [0.2, 0.25) is 0 Å². The van der Waals surface area contributed by atoms with Crippen LogP contribution < -0.4 is 20.9 Å². The van der Waals surface area contributed by atoms with Crippen molar-refractivity contribution in [3.05, 3.63) is 125 Å². The molecule has 10 nitrogen and oxygen atoms in total. The average Bonchev–Trinajstić information content (AvgIpc) is 3.49. The minimum absolute atomic E-state index is 0.00761. The number of hydrogen-bond donors (Lipinski definition) is 4. The summed E-state index contributed by atoms with van der Waals surface area (Å²) in [7, 11) is 0. The van der Waals surface area contributed by atoms with Crippen molar-refractivity contribution in [2.75, 3.05) is 37.7 Å². The Labute approximate surface area is 299 Å². The molecule has 4 aromatic carbocycles. The monoisotopic (exact) mass is 689 g/mol. The Hall–Kier alpha value is -4.74. The lowest BCUT2D eigenvalue weighted by Crippen LogP contribution is -2.57. The summed E-state index contributed by atoms with van der Waals surface area (Å²) < 4.78 is 13.4. The van der Waals surface area contributed by atoms with Gasteiger partial charge in [-0.1, -0.05) is 78.9 Å². The van der Waals surface area contributed by atoms with Gasteiger partial charge in [0.25, 0.3) is 0 Å². The van der Waals surface area contributed by atoms with Gasteiger partial charge in [0.2, 0.25) is 5.91 Å². The molecule has 4 aromatic rings. The SMILES string of the molecule is CCNC(=O)NCc1cccc(-c2cccc(C3OC(CN4CCC5(CC4)C(=O)NCN5c4ccccc4)CC(c4ccc(CO)cc4)O3)c2)c1. The number of anilines is 1. The van der Waals surface area contributed by atoms with Gasteiger partial charge in [0, 0.05) is 50.4 Å². The van der Waals surface area contributed by atoms with E-state index in [0.717, 1.165) is 71.5 Å². The Morgan fingerprint density at radius 1 is 0.863 bits per heavy atom. The minimum Gasteiger partial charge on any atom is -0.392 e. The molecule has 0 bridgehead atoms. The Morgan fingerprint density at radius 2 is 1.61 bits per heavy atom. The van der Waals surface area contributed by atoms with Crippen molar-refractivity contribution in [3.63, 3.8) is 0 Å². The van der Waals surface area contributed by atoms with Crippen molar-refractivity contribution in [2.24, 2.45) is 0 Å². The molecule has 1 spiro atoms. The molecule has 3 amide bonds. The van der Waals surface area contributed by atoms with E-state index in [2.05, 4.69) is 62.1 Å². The number of likely N-dealkylation sites (tertiary alicyclic amines) is 1. The summed E-state index contributed by atoms with van der Waals surface area (Å²) in [5.41, 5.74) is 6.45. The quantitative estimate of drug-likeness (QED) is 0.171. The molecule has 51 heavy (non-hydrogen) atoms. The number of urea groups is 1. The molecular formula is C41H47N5O5. The number of para-hydroxylation sites is 1. The molecule has 10 heteroatoms. The van der Waals surface area contributed by atoms with Crippen LogP contribution in [0.1, 0.15) is 60.8 Å². The van der Waals surface area contributed by atoms with Gasteiger partial charge < -0.3 is 40.3 Å². The van der Waals surface area contributed by atoms with Gasteiger partial charge in [-0.2, -0.15) is 0 Å². The average molecular weight is 690 g/mol. The molecule has 3 saturated heterocycles. The van der Waals surface area contributed by atoms with Crippen LogP contribution in [0.4, 0.5) is 10.5 Å². The van der Waals surface area contributed by atoms with Crippen LogP contribution in [0.15, 0.2) is 103 Å². The maximum Gasteiger partial charge on any atom is 0.315 e. The van der Waals surface area contributed by atoms with Gasteiger partial charge in [-0.25, -0.2) is 4.79 Å². The lowest BCUT2D eigenvalue weighted by Gasteiger charge is -2.45. The highest BCUT2D eigenvalue weighted by atomic mass is 16.7.